The molecule has 1 saturated heterocycles. The van der Waals surface area contributed by atoms with Crippen LogP contribution in [0.2, 0.25) is 5.02 Å². The zero-order chi connectivity index (χ0) is 11.5. The lowest BCUT2D eigenvalue weighted by Gasteiger charge is -2.17. The van der Waals surface area contributed by atoms with E-state index in [4.69, 9.17) is 21.1 Å². The molecular weight excluding hydrogens is 230 g/mol. The normalized spacial score (nSPS) is 24.4. The first kappa shape index (κ1) is 11.4. The highest BCUT2D eigenvalue weighted by Crippen LogP contribution is 2.24. The quantitative estimate of drug-likeness (QED) is 0.876. The standard InChI is InChI=1S/C10H14ClN3O2/c1-6-8(3-4-16-6)13-9-7(11)5-12-10(14-9)15-2/h5-6,8H,3-4H2,1-2H3,(H,12,13,14). The molecule has 0 bridgehead atoms. The van der Waals surface area contributed by atoms with Gasteiger partial charge in [0.2, 0.25) is 0 Å². The average molecular weight is 244 g/mol. The fraction of sp³-hybridized carbons (Fsp3) is 0.600. The van der Waals surface area contributed by atoms with Gasteiger partial charge in [-0.05, 0) is 13.3 Å². The molecule has 1 N–H and O–H groups in total. The highest BCUT2D eigenvalue weighted by atomic mass is 35.5. The van der Waals surface area contributed by atoms with Crippen molar-refractivity contribution in [3.63, 3.8) is 0 Å². The first-order valence-electron chi connectivity index (χ1n) is 5.15. The summed E-state index contributed by atoms with van der Waals surface area (Å²) >= 11 is 6.00. The molecule has 0 saturated carbocycles. The van der Waals surface area contributed by atoms with Crippen LogP contribution in [0.4, 0.5) is 5.82 Å². The molecule has 0 radical (unpaired) electrons. The van der Waals surface area contributed by atoms with Crippen molar-refractivity contribution < 1.29 is 9.47 Å². The van der Waals surface area contributed by atoms with Crippen molar-refractivity contribution in [3.05, 3.63) is 11.2 Å². The number of halogens is 1. The van der Waals surface area contributed by atoms with E-state index in [1.54, 1.807) is 0 Å². The van der Waals surface area contributed by atoms with Crippen LogP contribution in [0, 0.1) is 0 Å². The number of nitrogens with one attached hydrogen (secondary N) is 1. The Hall–Kier alpha value is -1.07. The number of methoxy groups -OCH3 is 1. The smallest absolute Gasteiger partial charge is 0.318 e. The second-order valence-corrected chi connectivity index (χ2v) is 4.08. The van der Waals surface area contributed by atoms with Crippen molar-refractivity contribution in [1.82, 2.24) is 9.97 Å². The van der Waals surface area contributed by atoms with Crippen LogP contribution < -0.4 is 10.1 Å². The van der Waals surface area contributed by atoms with Crippen LogP contribution in [0.3, 0.4) is 0 Å². The van der Waals surface area contributed by atoms with Crippen LogP contribution in [0.15, 0.2) is 6.20 Å². The lowest BCUT2D eigenvalue weighted by molar-refractivity contribution is 0.121. The number of anilines is 1. The third-order valence-corrected chi connectivity index (χ3v) is 2.88. The third-order valence-electron chi connectivity index (χ3n) is 2.60. The van der Waals surface area contributed by atoms with Crippen molar-refractivity contribution in [3.8, 4) is 6.01 Å². The third kappa shape index (κ3) is 2.36. The highest BCUT2D eigenvalue weighted by Gasteiger charge is 2.25. The summed E-state index contributed by atoms with van der Waals surface area (Å²) < 4.78 is 10.4. The summed E-state index contributed by atoms with van der Waals surface area (Å²) in [6.45, 7) is 2.79. The molecule has 0 amide bonds. The maximum absolute atomic E-state index is 6.00. The summed E-state index contributed by atoms with van der Waals surface area (Å²) in [5.74, 6) is 0.593. The van der Waals surface area contributed by atoms with E-state index in [1.165, 1.54) is 13.3 Å². The van der Waals surface area contributed by atoms with Crippen molar-refractivity contribution in [2.75, 3.05) is 19.0 Å². The number of ether oxygens (including phenoxy) is 2. The Labute approximate surface area is 99.1 Å². The molecule has 2 rings (SSSR count). The van der Waals surface area contributed by atoms with E-state index < -0.39 is 0 Å². The summed E-state index contributed by atoms with van der Waals surface area (Å²) in [7, 11) is 1.52. The number of nitrogens with zero attached hydrogens (tertiary/aromatic N) is 2. The van der Waals surface area contributed by atoms with Crippen LogP contribution in [0.25, 0.3) is 0 Å². The van der Waals surface area contributed by atoms with Crippen molar-refractivity contribution in [2.45, 2.75) is 25.5 Å². The Morgan fingerprint density at radius 3 is 3.06 bits per heavy atom. The maximum Gasteiger partial charge on any atom is 0.318 e. The summed E-state index contributed by atoms with van der Waals surface area (Å²) in [5.41, 5.74) is 0. The van der Waals surface area contributed by atoms with Gasteiger partial charge in [-0.3, -0.25) is 0 Å². The zero-order valence-corrected chi connectivity index (χ0v) is 9.99. The van der Waals surface area contributed by atoms with Gasteiger partial charge in [-0.2, -0.15) is 4.98 Å². The summed E-state index contributed by atoms with van der Waals surface area (Å²) in [6, 6.07) is 0.538. The molecule has 0 aromatic carbocycles. The van der Waals surface area contributed by atoms with E-state index in [-0.39, 0.29) is 12.1 Å². The van der Waals surface area contributed by atoms with E-state index in [2.05, 4.69) is 15.3 Å². The molecule has 1 fully saturated rings. The molecule has 0 aliphatic carbocycles. The van der Waals surface area contributed by atoms with Gasteiger partial charge in [-0.1, -0.05) is 11.6 Å². The van der Waals surface area contributed by atoms with E-state index in [9.17, 15) is 0 Å². The molecule has 2 atom stereocenters. The zero-order valence-electron chi connectivity index (χ0n) is 9.24. The van der Waals surface area contributed by atoms with Gasteiger partial charge in [0.25, 0.3) is 0 Å². The molecule has 2 heterocycles. The van der Waals surface area contributed by atoms with Gasteiger partial charge in [-0.25, -0.2) is 4.98 Å². The van der Waals surface area contributed by atoms with Gasteiger partial charge in [0.05, 0.1) is 25.5 Å². The van der Waals surface area contributed by atoms with Gasteiger partial charge >= 0.3 is 6.01 Å². The summed E-state index contributed by atoms with van der Waals surface area (Å²) in [4.78, 5) is 8.07. The van der Waals surface area contributed by atoms with Crippen LogP contribution in [0.5, 0.6) is 6.01 Å². The Balaban J connectivity index is 2.13. The molecule has 1 aliphatic rings. The Bertz CT molecular complexity index is 375. The van der Waals surface area contributed by atoms with Gasteiger partial charge in [0.15, 0.2) is 5.82 Å². The predicted octanol–water partition coefficient (Wildman–Crippen LogP) is 1.73. The summed E-state index contributed by atoms with van der Waals surface area (Å²) in [5, 5.41) is 3.73. The molecule has 16 heavy (non-hydrogen) atoms. The van der Waals surface area contributed by atoms with Crippen LogP contribution in [-0.4, -0.2) is 35.8 Å². The lowest BCUT2D eigenvalue weighted by Crippen LogP contribution is -2.27. The van der Waals surface area contributed by atoms with E-state index in [1.807, 2.05) is 6.92 Å². The van der Waals surface area contributed by atoms with Crippen LogP contribution in [0.1, 0.15) is 13.3 Å². The van der Waals surface area contributed by atoms with E-state index in [0.717, 1.165) is 13.0 Å². The first-order valence-corrected chi connectivity index (χ1v) is 5.53. The number of rotatable bonds is 3. The minimum Gasteiger partial charge on any atom is -0.467 e. The molecule has 1 aromatic heterocycles. The predicted molar refractivity (Wildman–Crippen MR) is 61.0 cm³/mol. The first-order chi connectivity index (χ1) is 7.70. The van der Waals surface area contributed by atoms with Gasteiger partial charge in [0, 0.05) is 6.61 Å². The minimum atomic E-state index is 0.164. The Kier molecular flexibility index (Phi) is 3.46. The van der Waals surface area contributed by atoms with Gasteiger partial charge in [-0.15, -0.1) is 0 Å². The number of hydrogen-bond donors (Lipinski definition) is 1. The molecule has 88 valence electrons. The van der Waals surface area contributed by atoms with E-state index >= 15 is 0 Å². The molecule has 6 heteroatoms. The fourth-order valence-corrected chi connectivity index (χ4v) is 1.79. The van der Waals surface area contributed by atoms with Crippen LogP contribution >= 0.6 is 11.6 Å². The monoisotopic (exact) mass is 243 g/mol. The topological polar surface area (TPSA) is 56.3 Å². The summed E-state index contributed by atoms with van der Waals surface area (Å²) in [6.07, 6.45) is 2.64. The van der Waals surface area contributed by atoms with Crippen molar-refractivity contribution in [1.29, 1.82) is 0 Å². The van der Waals surface area contributed by atoms with Crippen LogP contribution in [-0.2, 0) is 4.74 Å². The fourth-order valence-electron chi connectivity index (χ4n) is 1.65. The Morgan fingerprint density at radius 2 is 2.44 bits per heavy atom. The molecule has 5 nitrogen and oxygen atoms in total. The highest BCUT2D eigenvalue weighted by molar-refractivity contribution is 6.32. The molecule has 0 spiro atoms. The lowest BCUT2D eigenvalue weighted by atomic mass is 10.1. The Morgan fingerprint density at radius 1 is 1.62 bits per heavy atom. The number of aromatic nitrogens is 2. The molecule has 1 aromatic rings. The molecular formula is C10H14ClN3O2. The van der Waals surface area contributed by atoms with Gasteiger partial charge in [0.1, 0.15) is 5.02 Å². The van der Waals surface area contributed by atoms with E-state index in [0.29, 0.717) is 16.9 Å². The van der Waals surface area contributed by atoms with Crippen molar-refractivity contribution in [2.24, 2.45) is 0 Å². The number of hydrogen-bond acceptors (Lipinski definition) is 5. The maximum atomic E-state index is 6.00. The second kappa shape index (κ2) is 4.84. The second-order valence-electron chi connectivity index (χ2n) is 3.67. The van der Waals surface area contributed by atoms with Gasteiger partial charge < -0.3 is 14.8 Å². The largest absolute Gasteiger partial charge is 0.467 e. The minimum absolute atomic E-state index is 0.164. The average Bonchev–Trinajstić information content (AvgIpc) is 2.68. The van der Waals surface area contributed by atoms with Crippen molar-refractivity contribution >= 4 is 17.4 Å². The molecule has 1 aliphatic heterocycles. The molecule has 2 unspecified atom stereocenters. The SMILES string of the molecule is COc1ncc(Cl)c(NC2CCOC2C)n1.